The lowest BCUT2D eigenvalue weighted by Crippen LogP contribution is -2.40. The standard InChI is InChI=1S/C15H20N2O2/c1-3-15(4-2,14(18)19)11-17-10-13-7-5-6-12(8-13)9-16/h5-8,17H,3-4,10-11H2,1-2H3,(H,18,19). The van der Waals surface area contributed by atoms with Crippen molar-refractivity contribution in [2.45, 2.75) is 33.2 Å². The lowest BCUT2D eigenvalue weighted by Gasteiger charge is -2.27. The fraction of sp³-hybridized carbons (Fsp3) is 0.467. The Balaban J connectivity index is 2.62. The maximum atomic E-state index is 11.3. The van der Waals surface area contributed by atoms with Crippen LogP contribution in [0.5, 0.6) is 0 Å². The van der Waals surface area contributed by atoms with Gasteiger partial charge in [0.25, 0.3) is 0 Å². The third-order valence-corrected chi connectivity index (χ3v) is 3.66. The summed E-state index contributed by atoms with van der Waals surface area (Å²) in [5, 5.41) is 21.3. The minimum atomic E-state index is -0.754. The molecule has 0 unspecified atom stereocenters. The van der Waals surface area contributed by atoms with Crippen molar-refractivity contribution in [2.24, 2.45) is 5.41 Å². The summed E-state index contributed by atoms with van der Waals surface area (Å²) in [5.41, 5.74) is 0.910. The van der Waals surface area contributed by atoms with Crippen molar-refractivity contribution < 1.29 is 9.90 Å². The molecule has 0 atom stereocenters. The first-order valence-corrected chi connectivity index (χ1v) is 6.51. The Kier molecular flexibility index (Phi) is 5.53. The molecule has 0 heterocycles. The zero-order chi connectivity index (χ0) is 14.3. The Labute approximate surface area is 114 Å². The van der Waals surface area contributed by atoms with Gasteiger partial charge < -0.3 is 10.4 Å². The number of carbonyl (C=O) groups is 1. The van der Waals surface area contributed by atoms with Gasteiger partial charge in [-0.2, -0.15) is 5.26 Å². The second kappa shape index (κ2) is 6.91. The van der Waals surface area contributed by atoms with Crippen molar-refractivity contribution in [3.05, 3.63) is 35.4 Å². The molecule has 0 aliphatic heterocycles. The summed E-state index contributed by atoms with van der Waals surface area (Å²) in [6.07, 6.45) is 1.20. The summed E-state index contributed by atoms with van der Waals surface area (Å²) in [6, 6.07) is 9.42. The molecule has 0 bridgehead atoms. The number of benzene rings is 1. The molecule has 0 saturated carbocycles. The summed E-state index contributed by atoms with van der Waals surface area (Å²) in [5.74, 6) is -0.754. The number of nitrogens with one attached hydrogen (secondary N) is 1. The number of nitriles is 1. The van der Waals surface area contributed by atoms with Crippen LogP contribution in [0.25, 0.3) is 0 Å². The Morgan fingerprint density at radius 3 is 2.63 bits per heavy atom. The predicted octanol–water partition coefficient (Wildman–Crippen LogP) is 2.54. The molecule has 0 fully saturated rings. The van der Waals surface area contributed by atoms with Gasteiger partial charge in [0.05, 0.1) is 17.0 Å². The molecule has 0 aliphatic carbocycles. The van der Waals surface area contributed by atoms with E-state index >= 15 is 0 Å². The molecular weight excluding hydrogens is 240 g/mol. The Hall–Kier alpha value is -1.86. The number of hydrogen-bond acceptors (Lipinski definition) is 3. The molecule has 1 rings (SSSR count). The van der Waals surface area contributed by atoms with Gasteiger partial charge >= 0.3 is 5.97 Å². The van der Waals surface area contributed by atoms with Gasteiger partial charge in [-0.1, -0.05) is 26.0 Å². The number of aliphatic carboxylic acids is 1. The first kappa shape index (κ1) is 15.2. The average molecular weight is 260 g/mol. The van der Waals surface area contributed by atoms with Crippen LogP contribution in [0.3, 0.4) is 0 Å². The van der Waals surface area contributed by atoms with Crippen LogP contribution >= 0.6 is 0 Å². The largest absolute Gasteiger partial charge is 0.481 e. The highest BCUT2D eigenvalue weighted by atomic mass is 16.4. The van der Waals surface area contributed by atoms with Gasteiger partial charge in [0.15, 0.2) is 0 Å². The van der Waals surface area contributed by atoms with Crippen LogP contribution in [0, 0.1) is 16.7 Å². The zero-order valence-electron chi connectivity index (χ0n) is 11.4. The number of carboxylic acids is 1. The van der Waals surface area contributed by atoms with E-state index in [1.165, 1.54) is 0 Å². The van der Waals surface area contributed by atoms with E-state index in [1.807, 2.05) is 32.0 Å². The van der Waals surface area contributed by atoms with Crippen molar-refractivity contribution in [1.29, 1.82) is 5.26 Å². The molecule has 102 valence electrons. The molecule has 19 heavy (non-hydrogen) atoms. The van der Waals surface area contributed by atoms with E-state index in [1.54, 1.807) is 6.07 Å². The number of hydrogen-bond donors (Lipinski definition) is 2. The molecule has 0 saturated heterocycles. The van der Waals surface area contributed by atoms with Gasteiger partial charge in [-0.05, 0) is 30.5 Å². The van der Waals surface area contributed by atoms with Crippen LogP contribution in [0.4, 0.5) is 0 Å². The molecular formula is C15H20N2O2. The smallest absolute Gasteiger partial charge is 0.310 e. The minimum Gasteiger partial charge on any atom is -0.481 e. The summed E-state index contributed by atoms with van der Waals surface area (Å²) >= 11 is 0. The van der Waals surface area contributed by atoms with Crippen molar-refractivity contribution in [3.8, 4) is 6.07 Å². The molecule has 1 aromatic rings. The van der Waals surface area contributed by atoms with Crippen LogP contribution in [0.1, 0.15) is 37.8 Å². The third kappa shape index (κ3) is 3.80. The number of nitrogens with zero attached hydrogens (tertiary/aromatic N) is 1. The van der Waals surface area contributed by atoms with Gasteiger partial charge in [-0.25, -0.2) is 0 Å². The van der Waals surface area contributed by atoms with E-state index < -0.39 is 11.4 Å². The molecule has 0 radical (unpaired) electrons. The van der Waals surface area contributed by atoms with E-state index in [0.717, 1.165) is 5.56 Å². The summed E-state index contributed by atoms with van der Waals surface area (Å²) in [4.78, 5) is 11.3. The second-order valence-electron chi connectivity index (χ2n) is 4.71. The summed E-state index contributed by atoms with van der Waals surface area (Å²) in [6.45, 7) is 4.81. The first-order chi connectivity index (χ1) is 9.07. The zero-order valence-corrected chi connectivity index (χ0v) is 11.4. The molecule has 0 amide bonds. The highest BCUT2D eigenvalue weighted by molar-refractivity contribution is 5.74. The van der Waals surface area contributed by atoms with Crippen LogP contribution in [0.15, 0.2) is 24.3 Å². The van der Waals surface area contributed by atoms with Crippen LogP contribution in [0.2, 0.25) is 0 Å². The summed E-state index contributed by atoms with van der Waals surface area (Å²) in [7, 11) is 0. The second-order valence-corrected chi connectivity index (χ2v) is 4.71. The Morgan fingerprint density at radius 1 is 1.42 bits per heavy atom. The summed E-state index contributed by atoms with van der Waals surface area (Å²) < 4.78 is 0. The quantitative estimate of drug-likeness (QED) is 0.790. The Morgan fingerprint density at radius 2 is 2.11 bits per heavy atom. The normalized spacial score (nSPS) is 11.0. The fourth-order valence-electron chi connectivity index (χ4n) is 2.08. The van der Waals surface area contributed by atoms with Crippen molar-refractivity contribution in [1.82, 2.24) is 5.32 Å². The van der Waals surface area contributed by atoms with Gasteiger partial charge in [0, 0.05) is 13.1 Å². The van der Waals surface area contributed by atoms with Crippen molar-refractivity contribution >= 4 is 5.97 Å². The molecule has 4 heteroatoms. The molecule has 0 aromatic heterocycles. The van der Waals surface area contributed by atoms with Crippen LogP contribution < -0.4 is 5.32 Å². The monoisotopic (exact) mass is 260 g/mol. The van der Waals surface area contributed by atoms with E-state index in [4.69, 9.17) is 5.26 Å². The van der Waals surface area contributed by atoms with Gasteiger partial charge in [0.1, 0.15) is 0 Å². The van der Waals surface area contributed by atoms with Crippen molar-refractivity contribution in [3.63, 3.8) is 0 Å². The number of rotatable bonds is 7. The lowest BCUT2D eigenvalue weighted by atomic mass is 9.82. The maximum Gasteiger partial charge on any atom is 0.310 e. The average Bonchev–Trinajstić information content (AvgIpc) is 2.44. The molecule has 2 N–H and O–H groups in total. The van der Waals surface area contributed by atoms with Crippen LogP contribution in [-0.2, 0) is 11.3 Å². The topological polar surface area (TPSA) is 73.1 Å². The van der Waals surface area contributed by atoms with Crippen LogP contribution in [-0.4, -0.2) is 17.6 Å². The predicted molar refractivity (Wildman–Crippen MR) is 73.5 cm³/mol. The van der Waals surface area contributed by atoms with Gasteiger partial charge in [-0.15, -0.1) is 0 Å². The molecule has 1 aromatic carbocycles. The van der Waals surface area contributed by atoms with Crippen molar-refractivity contribution in [2.75, 3.05) is 6.54 Å². The maximum absolute atomic E-state index is 11.3. The van der Waals surface area contributed by atoms with Gasteiger partial charge in [0.2, 0.25) is 0 Å². The van der Waals surface area contributed by atoms with E-state index in [0.29, 0.717) is 31.5 Å². The Bertz CT molecular complexity index is 473. The van der Waals surface area contributed by atoms with Gasteiger partial charge in [-0.3, -0.25) is 4.79 Å². The minimum absolute atomic E-state index is 0.437. The molecule has 0 aliphatic rings. The molecule has 0 spiro atoms. The fourth-order valence-corrected chi connectivity index (χ4v) is 2.08. The third-order valence-electron chi connectivity index (χ3n) is 3.66. The highest BCUT2D eigenvalue weighted by Gasteiger charge is 2.34. The SMILES string of the molecule is CCC(CC)(CNCc1cccc(C#N)c1)C(=O)O. The van der Waals surface area contributed by atoms with E-state index in [-0.39, 0.29) is 0 Å². The van der Waals surface area contributed by atoms with E-state index in [2.05, 4.69) is 11.4 Å². The highest BCUT2D eigenvalue weighted by Crippen LogP contribution is 2.25. The molecule has 4 nitrogen and oxygen atoms in total. The van der Waals surface area contributed by atoms with E-state index in [9.17, 15) is 9.90 Å². The lowest BCUT2D eigenvalue weighted by molar-refractivity contribution is -0.149. The number of carboxylic acid groups (broad SMARTS) is 1. The first-order valence-electron chi connectivity index (χ1n) is 6.51.